The van der Waals surface area contributed by atoms with Gasteiger partial charge in [0.15, 0.2) is 5.82 Å². The average Bonchev–Trinajstić information content (AvgIpc) is 3.47. The first kappa shape index (κ1) is 26.9. The molecule has 1 unspecified atom stereocenters. The maximum atomic E-state index is 12.1. The molecule has 8 nitrogen and oxygen atoms in total. The Morgan fingerprint density at radius 3 is 2.39 bits per heavy atom. The number of nitriles is 1. The molecule has 0 radical (unpaired) electrons. The number of aryl methyl sites for hydroxylation is 2. The molecule has 4 heterocycles. The first-order valence-corrected chi connectivity index (χ1v) is 14.7. The summed E-state index contributed by atoms with van der Waals surface area (Å²) < 4.78 is 1.98. The van der Waals surface area contributed by atoms with Crippen LogP contribution in [-0.4, -0.2) is 44.6 Å². The minimum Gasteiger partial charge on any atom is -0.481 e. The monoisotopic (exact) mass is 564 g/mol. The number of aromatic nitrogens is 3. The van der Waals surface area contributed by atoms with Crippen molar-refractivity contribution in [2.75, 3.05) is 18.0 Å². The van der Waals surface area contributed by atoms with Crippen molar-refractivity contribution in [3.63, 3.8) is 0 Å². The largest absolute Gasteiger partial charge is 0.481 e. The number of benzene rings is 2. The SMILES string of the molecule is Cc1sc2c(c1C)C(c1ccc(N3CCC(C#N)(c4ccccc4)CC3)cc1)=N[C@@H](C(C)C(=O)O)c1nnc(C)n1-2. The van der Waals surface area contributed by atoms with Crippen LogP contribution in [0.2, 0.25) is 0 Å². The molecule has 9 heteroatoms. The third-order valence-electron chi connectivity index (χ3n) is 8.72. The van der Waals surface area contributed by atoms with Crippen molar-refractivity contribution in [1.82, 2.24) is 14.8 Å². The smallest absolute Gasteiger partial charge is 0.308 e. The van der Waals surface area contributed by atoms with Gasteiger partial charge in [0.25, 0.3) is 0 Å². The van der Waals surface area contributed by atoms with Crippen molar-refractivity contribution >= 4 is 28.7 Å². The first-order chi connectivity index (χ1) is 19.7. The van der Waals surface area contributed by atoms with E-state index in [-0.39, 0.29) is 0 Å². The molecule has 2 aromatic carbocycles. The number of fused-ring (bicyclic) bond motifs is 3. The minimum atomic E-state index is -0.923. The summed E-state index contributed by atoms with van der Waals surface area (Å²) in [4.78, 5) is 20.8. The van der Waals surface area contributed by atoms with Gasteiger partial charge in [-0.05, 0) is 63.8 Å². The number of carbonyl (C=O) groups is 1. The van der Waals surface area contributed by atoms with Crippen molar-refractivity contribution in [1.29, 1.82) is 5.26 Å². The van der Waals surface area contributed by atoms with Crippen LogP contribution in [0.25, 0.3) is 5.00 Å². The zero-order valence-electron chi connectivity index (χ0n) is 23.6. The van der Waals surface area contributed by atoms with Crippen LogP contribution in [0.15, 0.2) is 59.6 Å². The van der Waals surface area contributed by atoms with Gasteiger partial charge in [-0.3, -0.25) is 14.4 Å². The van der Waals surface area contributed by atoms with E-state index in [0.717, 1.165) is 64.6 Å². The van der Waals surface area contributed by atoms with Gasteiger partial charge in [-0.25, -0.2) is 0 Å². The Bertz CT molecular complexity index is 1690. The van der Waals surface area contributed by atoms with Gasteiger partial charge in [0.05, 0.1) is 23.1 Å². The summed E-state index contributed by atoms with van der Waals surface area (Å²) >= 11 is 1.66. The molecule has 2 atom stereocenters. The molecule has 0 saturated carbocycles. The Labute approximate surface area is 243 Å². The summed E-state index contributed by atoms with van der Waals surface area (Å²) in [5.41, 5.74) is 5.58. The quantitative estimate of drug-likeness (QED) is 0.322. The number of nitrogens with zero attached hydrogens (tertiary/aromatic N) is 6. The fourth-order valence-corrected chi connectivity index (χ4v) is 7.23. The van der Waals surface area contributed by atoms with E-state index in [1.165, 1.54) is 4.88 Å². The molecule has 41 heavy (non-hydrogen) atoms. The number of hydrogen-bond acceptors (Lipinski definition) is 7. The average molecular weight is 565 g/mol. The maximum absolute atomic E-state index is 12.1. The molecule has 1 saturated heterocycles. The van der Waals surface area contributed by atoms with Crippen LogP contribution in [-0.2, 0) is 10.2 Å². The van der Waals surface area contributed by atoms with Gasteiger partial charge in [-0.15, -0.1) is 21.5 Å². The number of carboxylic acid groups (broad SMARTS) is 1. The van der Waals surface area contributed by atoms with Crippen molar-refractivity contribution in [2.24, 2.45) is 10.9 Å². The summed E-state index contributed by atoms with van der Waals surface area (Å²) in [5.74, 6) is -0.432. The second kappa shape index (κ2) is 10.3. The fraction of sp³-hybridized carbons (Fsp3) is 0.344. The predicted molar refractivity (Wildman–Crippen MR) is 160 cm³/mol. The molecule has 2 aliphatic rings. The Kier molecular flexibility index (Phi) is 6.74. The second-order valence-corrected chi connectivity index (χ2v) is 12.3. The Morgan fingerprint density at radius 2 is 1.76 bits per heavy atom. The standard InChI is InChI=1S/C32H32N6O2S/c1-19-21(3)41-30-26(19)28(34-27(20(2)31(39)40)29-36-35-22(4)38(29)30)23-10-12-25(13-11-23)37-16-14-32(18-33,15-17-37)24-8-6-5-7-9-24/h5-13,20,27H,14-17H2,1-4H3,(H,39,40)/t20?,27-/m0/s1. The highest BCUT2D eigenvalue weighted by Crippen LogP contribution is 2.41. The van der Waals surface area contributed by atoms with Crippen molar-refractivity contribution < 1.29 is 9.90 Å². The van der Waals surface area contributed by atoms with Crippen molar-refractivity contribution in [2.45, 2.75) is 52.0 Å². The second-order valence-electron chi connectivity index (χ2n) is 11.0. The van der Waals surface area contributed by atoms with Crippen LogP contribution in [0, 0.1) is 38.0 Å². The molecule has 4 aromatic rings. The zero-order chi connectivity index (χ0) is 28.9. The van der Waals surface area contributed by atoms with Gasteiger partial charge >= 0.3 is 5.97 Å². The lowest BCUT2D eigenvalue weighted by Gasteiger charge is -2.38. The van der Waals surface area contributed by atoms with Gasteiger partial charge in [0.1, 0.15) is 16.9 Å². The lowest BCUT2D eigenvalue weighted by Crippen LogP contribution is -2.42. The van der Waals surface area contributed by atoms with E-state index in [2.05, 4.69) is 71.4 Å². The Morgan fingerprint density at radius 1 is 1.07 bits per heavy atom. The lowest BCUT2D eigenvalue weighted by atomic mass is 9.74. The van der Waals surface area contributed by atoms with Crippen LogP contribution in [0.5, 0.6) is 0 Å². The fourth-order valence-electron chi connectivity index (χ4n) is 6.02. The first-order valence-electron chi connectivity index (χ1n) is 13.9. The summed E-state index contributed by atoms with van der Waals surface area (Å²) in [7, 11) is 0. The van der Waals surface area contributed by atoms with Crippen molar-refractivity contribution in [3.05, 3.63) is 93.4 Å². The van der Waals surface area contributed by atoms with Gasteiger partial charge in [0, 0.05) is 34.8 Å². The molecule has 0 aliphatic carbocycles. The Balaban J connectivity index is 1.35. The lowest BCUT2D eigenvalue weighted by molar-refractivity contribution is -0.141. The highest BCUT2D eigenvalue weighted by Gasteiger charge is 2.38. The van der Waals surface area contributed by atoms with E-state index in [0.29, 0.717) is 11.6 Å². The topological polar surface area (TPSA) is 107 Å². The minimum absolute atomic E-state index is 0.453. The molecule has 6 rings (SSSR count). The predicted octanol–water partition coefficient (Wildman–Crippen LogP) is 5.93. The molecule has 2 aliphatic heterocycles. The van der Waals surface area contributed by atoms with Gasteiger partial charge < -0.3 is 10.0 Å². The summed E-state index contributed by atoms with van der Waals surface area (Å²) in [6.45, 7) is 9.35. The van der Waals surface area contributed by atoms with Gasteiger partial charge in [-0.1, -0.05) is 42.5 Å². The molecule has 1 N–H and O–H groups in total. The number of piperidine rings is 1. The summed E-state index contributed by atoms with van der Waals surface area (Å²) in [6, 6.07) is 20.4. The molecule has 2 aromatic heterocycles. The Hall–Kier alpha value is -4.29. The van der Waals surface area contributed by atoms with Crippen molar-refractivity contribution in [3.8, 4) is 11.1 Å². The zero-order valence-corrected chi connectivity index (χ0v) is 24.4. The molecule has 0 spiro atoms. The number of thiophene rings is 1. The third-order valence-corrected chi connectivity index (χ3v) is 9.91. The number of rotatable bonds is 5. The van der Waals surface area contributed by atoms with E-state index < -0.39 is 23.3 Å². The molecule has 208 valence electrons. The number of carboxylic acids is 1. The third kappa shape index (κ3) is 4.43. The van der Waals surface area contributed by atoms with E-state index in [1.807, 2.05) is 29.7 Å². The van der Waals surface area contributed by atoms with E-state index in [4.69, 9.17) is 4.99 Å². The highest BCUT2D eigenvalue weighted by atomic mass is 32.1. The summed E-state index contributed by atoms with van der Waals surface area (Å²) in [5, 5.41) is 29.7. The van der Waals surface area contributed by atoms with E-state index in [1.54, 1.807) is 18.3 Å². The molecule has 0 bridgehead atoms. The number of anilines is 1. The van der Waals surface area contributed by atoms with E-state index >= 15 is 0 Å². The van der Waals surface area contributed by atoms with Crippen LogP contribution in [0.3, 0.4) is 0 Å². The molecule has 1 fully saturated rings. The van der Waals surface area contributed by atoms with E-state index in [9.17, 15) is 15.2 Å². The number of aliphatic imine (C=N–C) groups is 1. The van der Waals surface area contributed by atoms with Gasteiger partial charge in [0.2, 0.25) is 0 Å². The molecular weight excluding hydrogens is 532 g/mol. The van der Waals surface area contributed by atoms with Crippen LogP contribution >= 0.6 is 11.3 Å². The maximum Gasteiger partial charge on any atom is 0.308 e. The molecular formula is C32H32N6O2S. The van der Waals surface area contributed by atoms with Crippen LogP contribution in [0.1, 0.15) is 64.6 Å². The van der Waals surface area contributed by atoms with Crippen LogP contribution < -0.4 is 4.90 Å². The van der Waals surface area contributed by atoms with Crippen LogP contribution in [0.4, 0.5) is 5.69 Å². The molecule has 0 amide bonds. The van der Waals surface area contributed by atoms with Gasteiger partial charge in [-0.2, -0.15) is 5.26 Å². The number of aliphatic carboxylic acids is 1. The summed E-state index contributed by atoms with van der Waals surface area (Å²) in [6.07, 6.45) is 1.54. The normalized spacial score (nSPS) is 18.5. The number of hydrogen-bond donors (Lipinski definition) is 1. The highest BCUT2D eigenvalue weighted by molar-refractivity contribution is 7.15.